The van der Waals surface area contributed by atoms with Crippen LogP contribution in [0.5, 0.6) is 11.5 Å². The maximum Gasteiger partial charge on any atom is 0.178 e. The van der Waals surface area contributed by atoms with E-state index in [1.54, 1.807) is 24.3 Å². The van der Waals surface area contributed by atoms with Crippen molar-refractivity contribution in [3.63, 3.8) is 0 Å². The van der Waals surface area contributed by atoms with Gasteiger partial charge in [0, 0.05) is 13.2 Å². The van der Waals surface area contributed by atoms with Crippen LogP contribution in [0.3, 0.4) is 0 Å². The molecule has 1 aromatic carbocycles. The number of benzene rings is 1. The Morgan fingerprint density at radius 2 is 1.65 bits per heavy atom. The molecule has 0 spiro atoms. The lowest BCUT2D eigenvalue weighted by molar-refractivity contribution is 0.101. The number of carbonyl (C=O) groups is 1. The number of hydrogen-bond acceptors (Lipinski definition) is 5. The average Bonchev–Trinajstić information content (AvgIpc) is 2.39. The number of rotatable bonds is 4. The summed E-state index contributed by atoms with van der Waals surface area (Å²) in [6.07, 6.45) is 2.59. The highest BCUT2D eigenvalue weighted by Gasteiger charge is 2.07. The lowest BCUT2D eigenvalue weighted by Crippen LogP contribution is -1.97. The summed E-state index contributed by atoms with van der Waals surface area (Å²) in [5, 5.41) is 0. The summed E-state index contributed by atoms with van der Waals surface area (Å²) < 4.78 is 28.2. The predicted octanol–water partition coefficient (Wildman–Crippen LogP) is 2.48. The Bertz CT molecular complexity index is 719. The summed E-state index contributed by atoms with van der Waals surface area (Å²) in [5.74, 6) is 0.853. The molecule has 0 aliphatic rings. The third-order valence-electron chi connectivity index (χ3n) is 2.58. The monoisotopic (exact) mass is 291 g/mol. The second-order valence-corrected chi connectivity index (χ2v) is 6.30. The highest BCUT2D eigenvalue weighted by Crippen LogP contribution is 2.22. The first-order chi connectivity index (χ1) is 9.36. The molecule has 0 radical (unpaired) electrons. The topological polar surface area (TPSA) is 73.3 Å². The lowest BCUT2D eigenvalue weighted by Gasteiger charge is -2.06. The number of nitrogens with zero attached hydrogens (tertiary/aromatic N) is 1. The number of pyridine rings is 1. The van der Waals surface area contributed by atoms with Gasteiger partial charge in [-0.15, -0.1) is 0 Å². The molecule has 6 heteroatoms. The van der Waals surface area contributed by atoms with Gasteiger partial charge in [-0.3, -0.25) is 4.79 Å². The van der Waals surface area contributed by atoms with Crippen molar-refractivity contribution in [2.24, 2.45) is 0 Å². The van der Waals surface area contributed by atoms with Gasteiger partial charge in [0.25, 0.3) is 0 Å². The molecule has 0 amide bonds. The molecule has 104 valence electrons. The van der Waals surface area contributed by atoms with Crippen molar-refractivity contribution in [3.8, 4) is 11.5 Å². The lowest BCUT2D eigenvalue weighted by atomic mass is 10.3. The molecule has 0 aliphatic carbocycles. The van der Waals surface area contributed by atoms with Crippen LogP contribution in [0.2, 0.25) is 0 Å². The number of ether oxygens (including phenoxy) is 1. The van der Waals surface area contributed by atoms with E-state index in [0.29, 0.717) is 17.2 Å². The third-order valence-corrected chi connectivity index (χ3v) is 3.71. The van der Waals surface area contributed by atoms with E-state index in [2.05, 4.69) is 4.98 Å². The summed E-state index contributed by atoms with van der Waals surface area (Å²) in [7, 11) is -3.21. The highest BCUT2D eigenvalue weighted by molar-refractivity contribution is 7.90. The molecule has 0 unspecified atom stereocenters. The Labute approximate surface area is 117 Å². The van der Waals surface area contributed by atoms with Crippen LogP contribution in [0.25, 0.3) is 0 Å². The number of aromatic nitrogens is 1. The van der Waals surface area contributed by atoms with Crippen LogP contribution in [0.15, 0.2) is 47.5 Å². The molecule has 20 heavy (non-hydrogen) atoms. The zero-order chi connectivity index (χ0) is 14.8. The van der Waals surface area contributed by atoms with Crippen molar-refractivity contribution >= 4 is 15.6 Å². The van der Waals surface area contributed by atoms with Crippen molar-refractivity contribution in [3.05, 3.63) is 48.3 Å². The van der Waals surface area contributed by atoms with Crippen molar-refractivity contribution in [1.82, 2.24) is 4.98 Å². The molecule has 0 saturated heterocycles. The Morgan fingerprint density at radius 1 is 1.05 bits per heavy atom. The molecule has 0 fully saturated rings. The van der Waals surface area contributed by atoms with E-state index >= 15 is 0 Å². The van der Waals surface area contributed by atoms with Gasteiger partial charge < -0.3 is 4.74 Å². The van der Waals surface area contributed by atoms with E-state index in [4.69, 9.17) is 4.74 Å². The normalized spacial score (nSPS) is 11.1. The van der Waals surface area contributed by atoms with E-state index in [0.717, 1.165) is 6.26 Å². The predicted molar refractivity (Wildman–Crippen MR) is 73.9 cm³/mol. The Morgan fingerprint density at radius 3 is 2.10 bits per heavy atom. The average molecular weight is 291 g/mol. The van der Waals surface area contributed by atoms with Crippen LogP contribution >= 0.6 is 0 Å². The largest absolute Gasteiger partial charge is 0.456 e. The van der Waals surface area contributed by atoms with Crippen LogP contribution in [-0.4, -0.2) is 25.4 Å². The van der Waals surface area contributed by atoms with Gasteiger partial charge in [0.05, 0.1) is 11.1 Å². The third kappa shape index (κ3) is 3.42. The fourth-order valence-electron chi connectivity index (χ4n) is 1.54. The van der Waals surface area contributed by atoms with Gasteiger partial charge in [-0.1, -0.05) is 0 Å². The number of ketones is 1. The molecule has 0 N–H and O–H groups in total. The Balaban J connectivity index is 2.16. The second kappa shape index (κ2) is 5.42. The van der Waals surface area contributed by atoms with Crippen LogP contribution in [0.1, 0.15) is 17.4 Å². The van der Waals surface area contributed by atoms with Gasteiger partial charge >= 0.3 is 0 Å². The summed E-state index contributed by atoms with van der Waals surface area (Å²) in [6, 6.07) is 9.28. The van der Waals surface area contributed by atoms with Gasteiger partial charge in [-0.25, -0.2) is 13.4 Å². The standard InChI is InChI=1S/C14H13NO4S/c1-10(16)14-8-5-12(9-15-14)19-11-3-6-13(7-4-11)20(2,17)18/h3-9H,1-2H3. The van der Waals surface area contributed by atoms with Crippen molar-refractivity contribution in [2.45, 2.75) is 11.8 Å². The molecule has 2 rings (SSSR count). The number of hydrogen-bond donors (Lipinski definition) is 0. The zero-order valence-electron chi connectivity index (χ0n) is 11.0. The Kier molecular flexibility index (Phi) is 3.85. The molecule has 2 aromatic rings. The van der Waals surface area contributed by atoms with Crippen LogP contribution in [0.4, 0.5) is 0 Å². The molecule has 5 nitrogen and oxygen atoms in total. The summed E-state index contributed by atoms with van der Waals surface area (Å²) >= 11 is 0. The fraction of sp³-hybridized carbons (Fsp3) is 0.143. The van der Waals surface area contributed by atoms with Crippen molar-refractivity contribution in [1.29, 1.82) is 0 Å². The van der Waals surface area contributed by atoms with Crippen LogP contribution in [0, 0.1) is 0 Å². The van der Waals surface area contributed by atoms with E-state index in [9.17, 15) is 13.2 Å². The van der Waals surface area contributed by atoms with E-state index < -0.39 is 9.84 Å². The maximum atomic E-state index is 11.3. The number of sulfone groups is 1. The van der Waals surface area contributed by atoms with Gasteiger partial charge in [-0.05, 0) is 36.4 Å². The highest BCUT2D eigenvalue weighted by atomic mass is 32.2. The minimum Gasteiger partial charge on any atom is -0.456 e. The SMILES string of the molecule is CC(=O)c1ccc(Oc2ccc(S(C)(=O)=O)cc2)cn1. The van der Waals surface area contributed by atoms with Crippen molar-refractivity contribution < 1.29 is 17.9 Å². The molecular weight excluding hydrogens is 278 g/mol. The van der Waals surface area contributed by atoms with Gasteiger partial charge in [0.15, 0.2) is 15.6 Å². The maximum absolute atomic E-state index is 11.3. The molecule has 0 saturated carbocycles. The molecule has 1 heterocycles. The first-order valence-corrected chi connectivity index (χ1v) is 7.70. The fourth-order valence-corrected chi connectivity index (χ4v) is 2.17. The zero-order valence-corrected chi connectivity index (χ0v) is 11.8. The molecule has 0 atom stereocenters. The first-order valence-electron chi connectivity index (χ1n) is 5.81. The van der Waals surface area contributed by atoms with E-state index in [-0.39, 0.29) is 10.7 Å². The van der Waals surface area contributed by atoms with Crippen LogP contribution in [-0.2, 0) is 9.84 Å². The van der Waals surface area contributed by atoms with Gasteiger partial charge in [-0.2, -0.15) is 0 Å². The Hall–Kier alpha value is -2.21. The minimum atomic E-state index is -3.21. The second-order valence-electron chi connectivity index (χ2n) is 4.28. The quantitative estimate of drug-likeness (QED) is 0.809. The summed E-state index contributed by atoms with van der Waals surface area (Å²) in [5.41, 5.74) is 0.366. The molecule has 0 aliphatic heterocycles. The molecule has 0 bridgehead atoms. The summed E-state index contributed by atoms with van der Waals surface area (Å²) in [6.45, 7) is 1.44. The smallest absolute Gasteiger partial charge is 0.178 e. The van der Waals surface area contributed by atoms with Gasteiger partial charge in [0.1, 0.15) is 17.2 Å². The minimum absolute atomic E-state index is 0.117. The molecule has 1 aromatic heterocycles. The van der Waals surface area contributed by atoms with Crippen LogP contribution < -0.4 is 4.74 Å². The molecular formula is C14H13NO4S. The number of carbonyl (C=O) groups excluding carboxylic acids is 1. The first kappa shape index (κ1) is 14.2. The van der Waals surface area contributed by atoms with Gasteiger partial charge in [0.2, 0.25) is 0 Å². The number of Topliss-reactive ketones (excluding diaryl/α,β-unsaturated/α-hetero) is 1. The summed E-state index contributed by atoms with van der Waals surface area (Å²) in [4.78, 5) is 15.3. The van der Waals surface area contributed by atoms with E-state index in [1.165, 1.54) is 25.3 Å². The van der Waals surface area contributed by atoms with Crippen molar-refractivity contribution in [2.75, 3.05) is 6.26 Å². The van der Waals surface area contributed by atoms with E-state index in [1.807, 2.05) is 0 Å².